The minimum absolute atomic E-state index is 0.209. The Balaban J connectivity index is 2.10. The molecule has 1 heterocycles. The number of aromatic nitrogens is 1. The standard InChI is InChI=1S/C19H22N2O2S2/c1-19(2,13-8-10-14(24-3)11-9-13)16-12-20-18-15(16)6-5-7-17(18)21-25(4,22)23/h5-12,20-21H,1-4H3. The van der Waals surface area contributed by atoms with Gasteiger partial charge in [-0.05, 0) is 35.6 Å². The lowest BCUT2D eigenvalue weighted by atomic mass is 9.78. The number of fused-ring (bicyclic) bond motifs is 1. The predicted octanol–water partition coefficient (Wildman–Crippen LogP) is 4.59. The minimum atomic E-state index is -3.33. The normalized spacial score (nSPS) is 12.5. The molecule has 3 rings (SSSR count). The maximum absolute atomic E-state index is 11.6. The molecule has 1 aromatic heterocycles. The fourth-order valence-electron chi connectivity index (χ4n) is 3.12. The second kappa shape index (κ2) is 6.42. The Morgan fingerprint density at radius 1 is 1.08 bits per heavy atom. The maximum atomic E-state index is 11.6. The van der Waals surface area contributed by atoms with Crippen molar-refractivity contribution in [1.29, 1.82) is 0 Å². The lowest BCUT2D eigenvalue weighted by Gasteiger charge is -2.25. The molecule has 0 bridgehead atoms. The molecule has 6 heteroatoms. The van der Waals surface area contributed by atoms with E-state index in [2.05, 4.69) is 54.1 Å². The van der Waals surface area contributed by atoms with Gasteiger partial charge in [0.2, 0.25) is 10.0 Å². The highest BCUT2D eigenvalue weighted by Gasteiger charge is 2.26. The van der Waals surface area contributed by atoms with E-state index in [-0.39, 0.29) is 5.41 Å². The van der Waals surface area contributed by atoms with Crippen LogP contribution in [-0.2, 0) is 15.4 Å². The number of hydrogen-bond acceptors (Lipinski definition) is 3. The Morgan fingerprint density at radius 3 is 2.36 bits per heavy atom. The quantitative estimate of drug-likeness (QED) is 0.642. The molecule has 132 valence electrons. The van der Waals surface area contributed by atoms with E-state index < -0.39 is 10.0 Å². The molecule has 0 aliphatic heterocycles. The molecule has 2 N–H and O–H groups in total. The van der Waals surface area contributed by atoms with Crippen LogP contribution in [0.3, 0.4) is 0 Å². The molecule has 4 nitrogen and oxygen atoms in total. The molecular formula is C19H22N2O2S2. The highest BCUT2D eigenvalue weighted by Crippen LogP contribution is 2.38. The van der Waals surface area contributed by atoms with E-state index in [9.17, 15) is 8.42 Å². The number of anilines is 1. The van der Waals surface area contributed by atoms with Gasteiger partial charge in [0.15, 0.2) is 0 Å². The van der Waals surface area contributed by atoms with Gasteiger partial charge in [-0.15, -0.1) is 11.8 Å². The average Bonchev–Trinajstić information content (AvgIpc) is 2.99. The Morgan fingerprint density at radius 2 is 1.76 bits per heavy atom. The van der Waals surface area contributed by atoms with Crippen LogP contribution in [0.4, 0.5) is 5.69 Å². The zero-order valence-electron chi connectivity index (χ0n) is 14.8. The molecule has 0 fully saturated rings. The van der Waals surface area contributed by atoms with E-state index in [1.54, 1.807) is 17.8 Å². The molecule has 0 amide bonds. The minimum Gasteiger partial charge on any atom is -0.359 e. The molecular weight excluding hydrogens is 352 g/mol. The lowest BCUT2D eigenvalue weighted by Crippen LogP contribution is -2.18. The summed E-state index contributed by atoms with van der Waals surface area (Å²) in [6.07, 6.45) is 5.20. The van der Waals surface area contributed by atoms with Gasteiger partial charge < -0.3 is 4.98 Å². The largest absolute Gasteiger partial charge is 0.359 e. The Bertz CT molecular complexity index is 1000. The fraction of sp³-hybridized carbons (Fsp3) is 0.263. The van der Waals surface area contributed by atoms with E-state index in [4.69, 9.17) is 0 Å². The number of rotatable bonds is 5. The number of para-hydroxylation sites is 1. The van der Waals surface area contributed by atoms with E-state index in [0.29, 0.717) is 5.69 Å². The number of H-pyrrole nitrogens is 1. The molecule has 0 spiro atoms. The van der Waals surface area contributed by atoms with Crippen molar-refractivity contribution in [2.75, 3.05) is 17.2 Å². The van der Waals surface area contributed by atoms with Gasteiger partial charge in [0.25, 0.3) is 0 Å². The van der Waals surface area contributed by atoms with E-state index in [1.165, 1.54) is 10.5 Å². The molecule has 25 heavy (non-hydrogen) atoms. The van der Waals surface area contributed by atoms with Crippen molar-refractivity contribution in [3.63, 3.8) is 0 Å². The molecule has 0 aliphatic rings. The first-order chi connectivity index (χ1) is 11.7. The van der Waals surface area contributed by atoms with Crippen molar-refractivity contribution >= 4 is 38.4 Å². The van der Waals surface area contributed by atoms with Crippen LogP contribution in [0.5, 0.6) is 0 Å². The van der Waals surface area contributed by atoms with Crippen LogP contribution < -0.4 is 4.72 Å². The number of benzene rings is 2. The Kier molecular flexibility index (Phi) is 4.60. The first kappa shape index (κ1) is 17.9. The van der Waals surface area contributed by atoms with E-state index >= 15 is 0 Å². The van der Waals surface area contributed by atoms with Gasteiger partial charge in [0.05, 0.1) is 17.5 Å². The molecule has 0 atom stereocenters. The lowest BCUT2D eigenvalue weighted by molar-refractivity contribution is 0.607. The average molecular weight is 375 g/mol. The van der Waals surface area contributed by atoms with Crippen molar-refractivity contribution in [3.05, 3.63) is 59.8 Å². The van der Waals surface area contributed by atoms with Crippen molar-refractivity contribution in [3.8, 4) is 0 Å². The zero-order chi connectivity index (χ0) is 18.2. The summed E-state index contributed by atoms with van der Waals surface area (Å²) < 4.78 is 25.8. The van der Waals surface area contributed by atoms with Gasteiger partial charge >= 0.3 is 0 Å². The Labute approximate surface area is 153 Å². The van der Waals surface area contributed by atoms with Crippen LogP contribution >= 0.6 is 11.8 Å². The predicted molar refractivity (Wildman–Crippen MR) is 107 cm³/mol. The van der Waals surface area contributed by atoms with Crippen LogP contribution in [0.25, 0.3) is 10.9 Å². The molecule has 2 aromatic carbocycles. The molecule has 3 aromatic rings. The van der Waals surface area contributed by atoms with E-state index in [1.807, 2.05) is 18.3 Å². The highest BCUT2D eigenvalue weighted by molar-refractivity contribution is 7.98. The monoisotopic (exact) mass is 374 g/mol. The van der Waals surface area contributed by atoms with Crippen LogP contribution in [0.15, 0.2) is 53.6 Å². The maximum Gasteiger partial charge on any atom is 0.229 e. The number of hydrogen-bond donors (Lipinski definition) is 2. The van der Waals surface area contributed by atoms with Gasteiger partial charge in [0, 0.05) is 21.9 Å². The van der Waals surface area contributed by atoms with Gasteiger partial charge in [0.1, 0.15) is 0 Å². The van der Waals surface area contributed by atoms with Gasteiger partial charge in [-0.25, -0.2) is 8.42 Å². The van der Waals surface area contributed by atoms with Crippen LogP contribution in [-0.4, -0.2) is 25.9 Å². The Hall–Kier alpha value is -1.92. The summed E-state index contributed by atoms with van der Waals surface area (Å²) in [7, 11) is -3.33. The summed E-state index contributed by atoms with van der Waals surface area (Å²) in [6.45, 7) is 4.36. The van der Waals surface area contributed by atoms with Crippen molar-refractivity contribution in [1.82, 2.24) is 4.98 Å². The molecule has 0 unspecified atom stereocenters. The highest BCUT2D eigenvalue weighted by atomic mass is 32.2. The van der Waals surface area contributed by atoms with Crippen molar-refractivity contribution < 1.29 is 8.42 Å². The van der Waals surface area contributed by atoms with Gasteiger partial charge in [-0.3, -0.25) is 4.72 Å². The van der Waals surface area contributed by atoms with Crippen LogP contribution in [0.2, 0.25) is 0 Å². The van der Waals surface area contributed by atoms with Crippen LogP contribution in [0.1, 0.15) is 25.0 Å². The zero-order valence-corrected chi connectivity index (χ0v) is 16.4. The second-order valence-corrected chi connectivity index (χ2v) is 9.29. The topological polar surface area (TPSA) is 62.0 Å². The molecule has 0 saturated heterocycles. The third kappa shape index (κ3) is 3.55. The summed E-state index contributed by atoms with van der Waals surface area (Å²) in [5.41, 5.74) is 3.51. The summed E-state index contributed by atoms with van der Waals surface area (Å²) >= 11 is 1.72. The number of aromatic amines is 1. The number of thioether (sulfide) groups is 1. The second-order valence-electron chi connectivity index (χ2n) is 6.66. The van der Waals surface area contributed by atoms with E-state index in [0.717, 1.165) is 22.7 Å². The number of sulfonamides is 1. The summed E-state index contributed by atoms with van der Waals surface area (Å²) in [6, 6.07) is 14.2. The van der Waals surface area contributed by atoms with Crippen molar-refractivity contribution in [2.24, 2.45) is 0 Å². The third-order valence-electron chi connectivity index (χ3n) is 4.50. The van der Waals surface area contributed by atoms with Crippen molar-refractivity contribution in [2.45, 2.75) is 24.2 Å². The first-order valence-electron chi connectivity index (χ1n) is 7.95. The summed E-state index contributed by atoms with van der Waals surface area (Å²) in [4.78, 5) is 4.48. The van der Waals surface area contributed by atoms with Crippen LogP contribution in [0, 0.1) is 0 Å². The first-order valence-corrected chi connectivity index (χ1v) is 11.1. The SMILES string of the molecule is CSc1ccc(C(C)(C)c2c[nH]c3c(NS(C)(=O)=O)cccc23)cc1. The molecule has 0 radical (unpaired) electrons. The van der Waals surface area contributed by atoms with Gasteiger partial charge in [-0.1, -0.05) is 38.1 Å². The third-order valence-corrected chi connectivity index (χ3v) is 5.83. The molecule has 0 saturated carbocycles. The fourth-order valence-corrected chi connectivity index (χ4v) is 4.10. The summed E-state index contributed by atoms with van der Waals surface area (Å²) in [5.74, 6) is 0. The van der Waals surface area contributed by atoms with Gasteiger partial charge in [-0.2, -0.15) is 0 Å². The molecule has 0 aliphatic carbocycles. The smallest absolute Gasteiger partial charge is 0.229 e. The summed E-state index contributed by atoms with van der Waals surface area (Å²) in [5, 5.41) is 1.02. The number of nitrogens with one attached hydrogen (secondary N) is 2.